The molecule has 3 heterocycles. The summed E-state index contributed by atoms with van der Waals surface area (Å²) >= 11 is 0. The van der Waals surface area contributed by atoms with Crippen molar-refractivity contribution in [1.29, 1.82) is 0 Å². The molecular weight excluding hydrogens is 627 g/mol. The van der Waals surface area contributed by atoms with Crippen molar-refractivity contribution in [2.24, 2.45) is 0 Å². The van der Waals surface area contributed by atoms with Crippen molar-refractivity contribution >= 4 is 39.1 Å². The summed E-state index contributed by atoms with van der Waals surface area (Å²) in [5.74, 6) is -0.196. The molecule has 16 heteroatoms. The van der Waals surface area contributed by atoms with Crippen LogP contribution in [0.25, 0.3) is 11.3 Å². The third-order valence-electron chi connectivity index (χ3n) is 6.96. The molecule has 0 radical (unpaired) electrons. The van der Waals surface area contributed by atoms with Crippen molar-refractivity contribution < 1.29 is 35.9 Å². The normalized spacial score (nSPS) is 14.3. The van der Waals surface area contributed by atoms with E-state index < -0.39 is 33.5 Å². The summed E-state index contributed by atoms with van der Waals surface area (Å²) in [6.07, 6.45) is -1.64. The molecule has 1 saturated heterocycles. The Bertz CT molecular complexity index is 1890. The van der Waals surface area contributed by atoms with Crippen LogP contribution in [0.15, 0.2) is 67.0 Å². The minimum absolute atomic E-state index is 0.140. The Morgan fingerprint density at radius 1 is 0.935 bits per heavy atom. The molecule has 0 unspecified atom stereocenters. The maximum atomic E-state index is 13.7. The quantitative estimate of drug-likeness (QED) is 0.243. The van der Waals surface area contributed by atoms with Gasteiger partial charge in [-0.05, 0) is 67.1 Å². The minimum Gasteiger partial charge on any atom is -0.438 e. The molecule has 0 bridgehead atoms. The van der Waals surface area contributed by atoms with Gasteiger partial charge in [0.05, 0.1) is 28.3 Å². The van der Waals surface area contributed by atoms with Crippen LogP contribution in [0.1, 0.15) is 21.5 Å². The monoisotopic (exact) mass is 655 g/mol. The first-order chi connectivity index (χ1) is 21.8. The summed E-state index contributed by atoms with van der Waals surface area (Å²) in [6.45, 7) is 1.46. The maximum absolute atomic E-state index is 13.7. The summed E-state index contributed by atoms with van der Waals surface area (Å²) in [6, 6.07) is 11.6. The summed E-state index contributed by atoms with van der Waals surface area (Å²) in [7, 11) is -1.61. The SMILES string of the molecule is CNc1nccc(-c2cccnc2Oc2ccc(NC(=O)Nc3cc(C(=O)N4CCS(=O)(=O)CC4)cc(C(F)(F)F)c3)cc2C)n1. The Morgan fingerprint density at radius 2 is 1.67 bits per heavy atom. The van der Waals surface area contributed by atoms with Crippen molar-refractivity contribution in [1.82, 2.24) is 19.9 Å². The lowest BCUT2D eigenvalue weighted by Crippen LogP contribution is -2.43. The third kappa shape index (κ3) is 7.69. The molecule has 3 amide bonds. The first-order valence-electron chi connectivity index (χ1n) is 13.9. The first kappa shape index (κ1) is 32.2. The molecule has 0 saturated carbocycles. The van der Waals surface area contributed by atoms with Gasteiger partial charge < -0.3 is 25.6 Å². The zero-order valence-electron chi connectivity index (χ0n) is 24.6. The number of sulfone groups is 1. The van der Waals surface area contributed by atoms with E-state index in [1.165, 1.54) is 4.90 Å². The Hall–Kier alpha value is -5.25. The molecule has 5 rings (SSSR count). The van der Waals surface area contributed by atoms with Gasteiger partial charge in [-0.25, -0.2) is 28.2 Å². The fourth-order valence-corrected chi connectivity index (χ4v) is 5.82. The number of carbonyl (C=O) groups is 2. The number of rotatable bonds is 7. The molecular formula is C30H28F3N7O5S. The van der Waals surface area contributed by atoms with Gasteiger partial charge in [-0.3, -0.25) is 4.79 Å². The number of amides is 3. The summed E-state index contributed by atoms with van der Waals surface area (Å²) in [5.41, 5.74) is 0.378. The van der Waals surface area contributed by atoms with Crippen LogP contribution < -0.4 is 20.7 Å². The summed E-state index contributed by atoms with van der Waals surface area (Å²) < 4.78 is 70.5. The average Bonchev–Trinajstić information content (AvgIpc) is 3.01. The number of ether oxygens (including phenoxy) is 1. The van der Waals surface area contributed by atoms with Gasteiger partial charge in [0, 0.05) is 49.5 Å². The highest BCUT2D eigenvalue weighted by atomic mass is 32.2. The predicted octanol–water partition coefficient (Wildman–Crippen LogP) is 5.21. The Labute approximate surface area is 262 Å². The smallest absolute Gasteiger partial charge is 0.416 e. The van der Waals surface area contributed by atoms with E-state index in [9.17, 15) is 31.2 Å². The van der Waals surface area contributed by atoms with Crippen molar-refractivity contribution in [2.45, 2.75) is 13.1 Å². The van der Waals surface area contributed by atoms with Crippen LogP contribution in [0, 0.1) is 6.92 Å². The molecule has 0 atom stereocenters. The maximum Gasteiger partial charge on any atom is 0.416 e. The topological polar surface area (TPSA) is 156 Å². The molecule has 0 aliphatic carbocycles. The van der Waals surface area contributed by atoms with Crippen LogP contribution in [0.3, 0.4) is 0 Å². The number of alkyl halides is 3. The lowest BCUT2D eigenvalue weighted by atomic mass is 10.1. The largest absolute Gasteiger partial charge is 0.438 e. The van der Waals surface area contributed by atoms with Crippen molar-refractivity contribution in [3.63, 3.8) is 0 Å². The van der Waals surface area contributed by atoms with Gasteiger partial charge in [0.25, 0.3) is 5.91 Å². The molecule has 2 aromatic carbocycles. The highest BCUT2D eigenvalue weighted by Gasteiger charge is 2.33. The number of anilines is 3. The van der Waals surface area contributed by atoms with Gasteiger partial charge in [-0.2, -0.15) is 13.2 Å². The zero-order valence-corrected chi connectivity index (χ0v) is 25.4. The van der Waals surface area contributed by atoms with Gasteiger partial charge in [-0.1, -0.05) is 0 Å². The van der Waals surface area contributed by atoms with E-state index in [1.54, 1.807) is 62.8 Å². The van der Waals surface area contributed by atoms with Gasteiger partial charge in [0.15, 0.2) is 9.84 Å². The number of aryl methyl sites for hydroxylation is 1. The van der Waals surface area contributed by atoms with E-state index in [-0.39, 0.29) is 41.7 Å². The fraction of sp³-hybridized carbons (Fsp3) is 0.233. The molecule has 240 valence electrons. The van der Waals surface area contributed by atoms with E-state index in [0.29, 0.717) is 46.3 Å². The Kier molecular flexibility index (Phi) is 9.09. The second kappa shape index (κ2) is 13.0. The average molecular weight is 656 g/mol. The molecule has 12 nitrogen and oxygen atoms in total. The number of benzene rings is 2. The van der Waals surface area contributed by atoms with Crippen LogP contribution >= 0.6 is 0 Å². The van der Waals surface area contributed by atoms with E-state index in [1.807, 2.05) is 0 Å². The van der Waals surface area contributed by atoms with Crippen molar-refractivity contribution in [3.05, 3.63) is 83.7 Å². The van der Waals surface area contributed by atoms with Gasteiger partial charge in [0.1, 0.15) is 5.75 Å². The fourth-order valence-electron chi connectivity index (χ4n) is 4.62. The number of aromatic nitrogens is 3. The highest BCUT2D eigenvalue weighted by molar-refractivity contribution is 7.91. The molecule has 46 heavy (non-hydrogen) atoms. The molecule has 1 aliphatic heterocycles. The van der Waals surface area contributed by atoms with Gasteiger partial charge >= 0.3 is 12.2 Å². The summed E-state index contributed by atoms with van der Waals surface area (Å²) in [4.78, 5) is 39.8. The number of nitrogens with one attached hydrogen (secondary N) is 3. The number of hydrogen-bond acceptors (Lipinski definition) is 9. The predicted molar refractivity (Wildman–Crippen MR) is 165 cm³/mol. The minimum atomic E-state index is -4.81. The van der Waals surface area contributed by atoms with Crippen molar-refractivity contribution in [2.75, 3.05) is 47.6 Å². The second-order valence-electron chi connectivity index (χ2n) is 10.3. The third-order valence-corrected chi connectivity index (χ3v) is 8.57. The van der Waals surface area contributed by atoms with Crippen molar-refractivity contribution in [3.8, 4) is 22.9 Å². The summed E-state index contributed by atoms with van der Waals surface area (Å²) in [5, 5.41) is 7.79. The standard InChI is InChI=1S/C30H28F3N7O5S/c1-18-14-21(5-6-25(18)45-26-23(4-3-8-35-26)24-7-9-36-28(34-2)39-24)37-29(42)38-22-16-19(15-20(17-22)30(31,32)33)27(41)40-10-12-46(43,44)13-11-40/h3-9,14-17H,10-13H2,1-2H3,(H,34,36,39)(H2,37,38,42). The lowest BCUT2D eigenvalue weighted by Gasteiger charge is -2.27. The van der Waals surface area contributed by atoms with Crippen LogP contribution in [0.4, 0.5) is 35.3 Å². The number of pyridine rings is 1. The van der Waals surface area contributed by atoms with E-state index in [2.05, 4.69) is 30.9 Å². The molecule has 3 N–H and O–H groups in total. The number of urea groups is 1. The Balaban J connectivity index is 1.30. The molecule has 4 aromatic rings. The Morgan fingerprint density at radius 3 is 2.37 bits per heavy atom. The molecule has 1 fully saturated rings. The van der Waals surface area contributed by atoms with Gasteiger partial charge in [-0.15, -0.1) is 0 Å². The first-order valence-corrected chi connectivity index (χ1v) is 15.7. The number of hydrogen-bond donors (Lipinski definition) is 3. The number of carbonyl (C=O) groups excluding carboxylic acids is 2. The van der Waals surface area contributed by atoms with Crippen LogP contribution in [0.5, 0.6) is 11.6 Å². The van der Waals surface area contributed by atoms with Gasteiger partial charge in [0.2, 0.25) is 11.8 Å². The molecule has 2 aromatic heterocycles. The zero-order chi connectivity index (χ0) is 33.1. The second-order valence-corrected chi connectivity index (χ2v) is 12.6. The van der Waals surface area contributed by atoms with Crippen LogP contribution in [0.2, 0.25) is 0 Å². The number of nitrogens with zero attached hydrogens (tertiary/aromatic N) is 4. The lowest BCUT2D eigenvalue weighted by molar-refractivity contribution is -0.137. The molecule has 1 aliphatic rings. The van der Waals surface area contributed by atoms with E-state index in [0.717, 1.165) is 6.07 Å². The number of halogens is 3. The van der Waals surface area contributed by atoms with Crippen LogP contribution in [-0.2, 0) is 16.0 Å². The molecule has 0 spiro atoms. The van der Waals surface area contributed by atoms with Crippen LogP contribution in [-0.4, -0.2) is 71.9 Å². The van der Waals surface area contributed by atoms with E-state index in [4.69, 9.17) is 4.74 Å². The van der Waals surface area contributed by atoms with E-state index >= 15 is 0 Å². The highest BCUT2D eigenvalue weighted by Crippen LogP contribution is 2.34.